The summed E-state index contributed by atoms with van der Waals surface area (Å²) < 4.78 is 5.38. The average Bonchev–Trinajstić information content (AvgIpc) is 2.12. The Morgan fingerprint density at radius 1 is 1.57 bits per heavy atom. The third kappa shape index (κ3) is 4.09. The van der Waals surface area contributed by atoms with Crippen LogP contribution >= 0.6 is 0 Å². The van der Waals surface area contributed by atoms with E-state index in [0.717, 1.165) is 12.2 Å². The first-order chi connectivity index (χ1) is 6.68. The van der Waals surface area contributed by atoms with E-state index in [0.29, 0.717) is 12.4 Å². The molecule has 0 saturated carbocycles. The molecule has 0 bridgehead atoms. The van der Waals surface area contributed by atoms with Crippen molar-refractivity contribution >= 4 is 11.5 Å². The van der Waals surface area contributed by atoms with Gasteiger partial charge < -0.3 is 15.8 Å². The zero-order valence-electron chi connectivity index (χ0n) is 8.66. The number of pyridine rings is 1. The van der Waals surface area contributed by atoms with Crippen molar-refractivity contribution in [1.29, 1.82) is 0 Å². The van der Waals surface area contributed by atoms with Crippen LogP contribution in [-0.2, 0) is 4.74 Å². The Morgan fingerprint density at radius 3 is 3.00 bits per heavy atom. The monoisotopic (exact) mass is 195 g/mol. The van der Waals surface area contributed by atoms with E-state index in [1.165, 1.54) is 0 Å². The lowest BCUT2D eigenvalue weighted by Crippen LogP contribution is -2.13. The van der Waals surface area contributed by atoms with Gasteiger partial charge in [-0.25, -0.2) is 4.98 Å². The van der Waals surface area contributed by atoms with Crippen LogP contribution in [0.4, 0.5) is 11.5 Å². The lowest BCUT2D eigenvalue weighted by Gasteiger charge is -2.09. The number of anilines is 2. The molecule has 0 aliphatic heterocycles. The molecule has 0 atom stereocenters. The van der Waals surface area contributed by atoms with Gasteiger partial charge in [0, 0.05) is 24.5 Å². The molecule has 0 amide bonds. The highest BCUT2D eigenvalue weighted by Crippen LogP contribution is 2.07. The smallest absolute Gasteiger partial charge is 0.125 e. The predicted octanol–water partition coefficient (Wildman–Crippen LogP) is 1.50. The normalized spacial score (nSPS) is 10.5. The molecule has 14 heavy (non-hydrogen) atoms. The fourth-order valence-corrected chi connectivity index (χ4v) is 1.05. The molecule has 4 heteroatoms. The minimum Gasteiger partial charge on any atom is -0.384 e. The molecule has 3 N–H and O–H groups in total. The third-order valence-electron chi connectivity index (χ3n) is 1.66. The second kappa shape index (κ2) is 5.44. The van der Waals surface area contributed by atoms with E-state index < -0.39 is 0 Å². The van der Waals surface area contributed by atoms with Crippen molar-refractivity contribution in [3.8, 4) is 0 Å². The van der Waals surface area contributed by atoms with Gasteiger partial charge in [0.15, 0.2) is 0 Å². The first-order valence-electron chi connectivity index (χ1n) is 4.75. The van der Waals surface area contributed by atoms with E-state index in [4.69, 9.17) is 10.5 Å². The third-order valence-corrected chi connectivity index (χ3v) is 1.66. The zero-order chi connectivity index (χ0) is 10.4. The van der Waals surface area contributed by atoms with Gasteiger partial charge in [0.25, 0.3) is 0 Å². The SMILES string of the molecule is CC(C)OCCNc1ccnc(N)c1. The summed E-state index contributed by atoms with van der Waals surface area (Å²) in [6.07, 6.45) is 1.96. The topological polar surface area (TPSA) is 60.2 Å². The van der Waals surface area contributed by atoms with E-state index in [9.17, 15) is 0 Å². The van der Waals surface area contributed by atoms with Gasteiger partial charge in [-0.15, -0.1) is 0 Å². The molecule has 1 heterocycles. The highest BCUT2D eigenvalue weighted by molar-refractivity contribution is 5.49. The van der Waals surface area contributed by atoms with E-state index in [1.807, 2.05) is 19.9 Å². The van der Waals surface area contributed by atoms with Crippen LogP contribution in [0.3, 0.4) is 0 Å². The molecule has 0 fully saturated rings. The molecule has 78 valence electrons. The van der Waals surface area contributed by atoms with Gasteiger partial charge in [0.1, 0.15) is 5.82 Å². The second-order valence-electron chi connectivity index (χ2n) is 3.32. The molecule has 1 aromatic rings. The minimum atomic E-state index is 0.277. The van der Waals surface area contributed by atoms with Crippen LogP contribution in [0.25, 0.3) is 0 Å². The van der Waals surface area contributed by atoms with E-state index in [-0.39, 0.29) is 6.10 Å². The number of nitrogens with one attached hydrogen (secondary N) is 1. The van der Waals surface area contributed by atoms with Crippen LogP contribution in [-0.4, -0.2) is 24.2 Å². The highest BCUT2D eigenvalue weighted by atomic mass is 16.5. The van der Waals surface area contributed by atoms with Crippen LogP contribution < -0.4 is 11.1 Å². The summed E-state index contributed by atoms with van der Waals surface area (Å²) in [7, 11) is 0. The molecule has 0 unspecified atom stereocenters. The van der Waals surface area contributed by atoms with E-state index >= 15 is 0 Å². The zero-order valence-corrected chi connectivity index (χ0v) is 8.66. The van der Waals surface area contributed by atoms with Gasteiger partial charge in [-0.1, -0.05) is 0 Å². The molecule has 0 aliphatic carbocycles. The summed E-state index contributed by atoms with van der Waals surface area (Å²) in [5.41, 5.74) is 6.51. The molecule has 4 nitrogen and oxygen atoms in total. The van der Waals surface area contributed by atoms with E-state index in [2.05, 4.69) is 10.3 Å². The van der Waals surface area contributed by atoms with E-state index in [1.54, 1.807) is 12.3 Å². The fourth-order valence-electron chi connectivity index (χ4n) is 1.05. The first-order valence-corrected chi connectivity index (χ1v) is 4.75. The highest BCUT2D eigenvalue weighted by Gasteiger charge is 1.94. The summed E-state index contributed by atoms with van der Waals surface area (Å²) in [4.78, 5) is 3.90. The van der Waals surface area contributed by atoms with Gasteiger partial charge in [-0.05, 0) is 19.9 Å². The van der Waals surface area contributed by atoms with Gasteiger partial charge in [0.05, 0.1) is 12.7 Å². The summed E-state index contributed by atoms with van der Waals surface area (Å²) in [6.45, 7) is 5.51. The lowest BCUT2D eigenvalue weighted by atomic mass is 10.4. The maximum Gasteiger partial charge on any atom is 0.125 e. The quantitative estimate of drug-likeness (QED) is 0.699. The molecule has 0 spiro atoms. The fraction of sp³-hybridized carbons (Fsp3) is 0.500. The maximum absolute atomic E-state index is 5.53. The van der Waals surface area contributed by atoms with Crippen LogP contribution in [0.5, 0.6) is 0 Å². The molecular formula is C10H17N3O. The number of nitrogens with two attached hydrogens (primary N) is 1. The Labute approximate surface area is 84.5 Å². The summed E-state index contributed by atoms with van der Waals surface area (Å²) in [5.74, 6) is 0.528. The molecule has 1 aromatic heterocycles. The Hall–Kier alpha value is -1.29. The van der Waals surface area contributed by atoms with Gasteiger partial charge in [0.2, 0.25) is 0 Å². The predicted molar refractivity (Wildman–Crippen MR) is 58.2 cm³/mol. The number of hydrogen-bond donors (Lipinski definition) is 2. The van der Waals surface area contributed by atoms with Crippen molar-refractivity contribution < 1.29 is 4.74 Å². The standard InChI is InChI=1S/C10H17N3O/c1-8(2)14-6-5-12-9-3-4-13-10(11)7-9/h3-4,7-8H,5-6H2,1-2H3,(H3,11,12,13). The van der Waals surface area contributed by atoms with Crippen molar-refractivity contribution in [2.24, 2.45) is 0 Å². The molecule has 0 aromatic carbocycles. The van der Waals surface area contributed by atoms with Gasteiger partial charge in [-0.2, -0.15) is 0 Å². The van der Waals surface area contributed by atoms with Crippen LogP contribution in [0, 0.1) is 0 Å². The first kappa shape index (κ1) is 10.8. The number of aromatic nitrogens is 1. The van der Waals surface area contributed by atoms with Gasteiger partial charge in [-0.3, -0.25) is 0 Å². The molecule has 0 aliphatic rings. The summed E-state index contributed by atoms with van der Waals surface area (Å²) in [5, 5.41) is 3.20. The number of rotatable bonds is 5. The van der Waals surface area contributed by atoms with Crippen molar-refractivity contribution in [2.45, 2.75) is 20.0 Å². The number of ether oxygens (including phenoxy) is 1. The Morgan fingerprint density at radius 2 is 2.36 bits per heavy atom. The number of nitrogen functional groups attached to an aromatic ring is 1. The van der Waals surface area contributed by atoms with Crippen LogP contribution in [0.15, 0.2) is 18.3 Å². The van der Waals surface area contributed by atoms with Crippen LogP contribution in [0.1, 0.15) is 13.8 Å². The second-order valence-corrected chi connectivity index (χ2v) is 3.32. The van der Waals surface area contributed by atoms with Crippen molar-refractivity contribution in [1.82, 2.24) is 4.98 Å². The Bertz CT molecular complexity index is 276. The van der Waals surface area contributed by atoms with Gasteiger partial charge >= 0.3 is 0 Å². The maximum atomic E-state index is 5.53. The Balaban J connectivity index is 2.25. The lowest BCUT2D eigenvalue weighted by molar-refractivity contribution is 0.0870. The Kier molecular flexibility index (Phi) is 4.19. The molecule has 0 radical (unpaired) electrons. The van der Waals surface area contributed by atoms with Crippen LogP contribution in [0.2, 0.25) is 0 Å². The van der Waals surface area contributed by atoms with Crippen molar-refractivity contribution in [2.75, 3.05) is 24.2 Å². The molecule has 1 rings (SSSR count). The largest absolute Gasteiger partial charge is 0.384 e. The summed E-state index contributed by atoms with van der Waals surface area (Å²) in [6, 6.07) is 3.68. The average molecular weight is 195 g/mol. The van der Waals surface area contributed by atoms with Crippen molar-refractivity contribution in [3.63, 3.8) is 0 Å². The molecular weight excluding hydrogens is 178 g/mol. The molecule has 0 saturated heterocycles. The minimum absolute atomic E-state index is 0.277. The summed E-state index contributed by atoms with van der Waals surface area (Å²) >= 11 is 0. The van der Waals surface area contributed by atoms with Crippen molar-refractivity contribution in [3.05, 3.63) is 18.3 Å². The number of nitrogens with zero attached hydrogens (tertiary/aromatic N) is 1. The number of hydrogen-bond acceptors (Lipinski definition) is 4.